The van der Waals surface area contributed by atoms with E-state index in [2.05, 4.69) is 6.92 Å². The third-order valence-corrected chi connectivity index (χ3v) is 3.12. The van der Waals surface area contributed by atoms with Gasteiger partial charge in [0.05, 0.1) is 0 Å². The standard InChI is InChI=1S/C14H29NO2.Na/c1-2-3-4-5-6-7-8-9-10-11-13(16)14(17)12-15;/h14,17H,2-12,15H2,1H3;. The molecule has 1 radical (unpaired) electrons. The zero-order valence-corrected chi connectivity index (χ0v) is 14.3. The number of unbranched alkanes of at least 4 members (excludes halogenated alkanes) is 8. The summed E-state index contributed by atoms with van der Waals surface area (Å²) in [7, 11) is 0. The molecule has 0 saturated carbocycles. The molecule has 0 aromatic rings. The smallest absolute Gasteiger partial charge is 0.162 e. The van der Waals surface area contributed by atoms with Crippen molar-refractivity contribution < 1.29 is 9.90 Å². The zero-order valence-electron chi connectivity index (χ0n) is 12.3. The topological polar surface area (TPSA) is 63.3 Å². The van der Waals surface area contributed by atoms with Gasteiger partial charge in [0.2, 0.25) is 0 Å². The Bertz CT molecular complexity index is 189. The molecule has 0 aliphatic rings. The Kier molecular flexibility index (Phi) is 18.2. The van der Waals surface area contributed by atoms with Gasteiger partial charge in [-0.1, -0.05) is 58.3 Å². The number of Topliss-reactive ketones (excluding diaryl/α,β-unsaturated/α-hetero) is 1. The van der Waals surface area contributed by atoms with Crippen LogP contribution in [0.15, 0.2) is 0 Å². The van der Waals surface area contributed by atoms with E-state index in [1.54, 1.807) is 0 Å². The van der Waals surface area contributed by atoms with Crippen molar-refractivity contribution in [2.24, 2.45) is 5.73 Å². The fourth-order valence-corrected chi connectivity index (χ4v) is 1.91. The molecule has 3 N–H and O–H groups in total. The van der Waals surface area contributed by atoms with Gasteiger partial charge < -0.3 is 10.8 Å². The minimum absolute atomic E-state index is 0. The molecule has 0 amide bonds. The summed E-state index contributed by atoms with van der Waals surface area (Å²) < 4.78 is 0. The average Bonchev–Trinajstić information content (AvgIpc) is 2.35. The summed E-state index contributed by atoms with van der Waals surface area (Å²) in [5.74, 6) is -0.101. The maximum Gasteiger partial charge on any atom is 0.162 e. The van der Waals surface area contributed by atoms with Crippen LogP contribution in [0.1, 0.15) is 71.1 Å². The predicted octanol–water partition coefficient (Wildman–Crippen LogP) is 2.42. The Morgan fingerprint density at radius 2 is 1.44 bits per heavy atom. The number of rotatable bonds is 12. The van der Waals surface area contributed by atoms with Crippen LogP contribution in [0.5, 0.6) is 0 Å². The van der Waals surface area contributed by atoms with Gasteiger partial charge in [0, 0.05) is 42.5 Å². The first-order valence-corrected chi connectivity index (χ1v) is 7.13. The van der Waals surface area contributed by atoms with E-state index in [0.29, 0.717) is 6.42 Å². The normalized spacial score (nSPS) is 11.9. The molecule has 0 aromatic carbocycles. The molecule has 0 bridgehead atoms. The molecular formula is C14H29NNaO2. The molecule has 0 heterocycles. The molecule has 0 rings (SSSR count). The fraction of sp³-hybridized carbons (Fsp3) is 0.929. The summed E-state index contributed by atoms with van der Waals surface area (Å²) in [5.41, 5.74) is 5.21. The quantitative estimate of drug-likeness (QED) is 0.421. The van der Waals surface area contributed by atoms with Crippen LogP contribution in [0.4, 0.5) is 0 Å². The largest absolute Gasteiger partial charge is 0.384 e. The number of hydrogen-bond acceptors (Lipinski definition) is 3. The van der Waals surface area contributed by atoms with E-state index in [1.807, 2.05) is 0 Å². The van der Waals surface area contributed by atoms with Crippen LogP contribution in [-0.2, 0) is 4.79 Å². The molecule has 1 atom stereocenters. The van der Waals surface area contributed by atoms with Crippen LogP contribution in [0.2, 0.25) is 0 Å². The third kappa shape index (κ3) is 13.0. The van der Waals surface area contributed by atoms with Crippen LogP contribution in [0.25, 0.3) is 0 Å². The van der Waals surface area contributed by atoms with E-state index in [1.165, 1.54) is 44.9 Å². The maximum atomic E-state index is 11.3. The number of aliphatic hydroxyl groups is 1. The van der Waals surface area contributed by atoms with Crippen molar-refractivity contribution in [3.63, 3.8) is 0 Å². The monoisotopic (exact) mass is 266 g/mol. The second kappa shape index (κ2) is 15.6. The molecule has 4 heteroatoms. The van der Waals surface area contributed by atoms with Gasteiger partial charge in [-0.25, -0.2) is 0 Å². The number of carbonyl (C=O) groups excluding carboxylic acids is 1. The van der Waals surface area contributed by atoms with E-state index in [0.717, 1.165) is 12.8 Å². The Balaban J connectivity index is 0. The molecule has 0 spiro atoms. The molecule has 3 nitrogen and oxygen atoms in total. The molecule has 0 aliphatic carbocycles. The molecule has 0 fully saturated rings. The van der Waals surface area contributed by atoms with Crippen molar-refractivity contribution in [1.82, 2.24) is 0 Å². The minimum Gasteiger partial charge on any atom is -0.384 e. The van der Waals surface area contributed by atoms with Crippen LogP contribution >= 0.6 is 0 Å². The summed E-state index contributed by atoms with van der Waals surface area (Å²) >= 11 is 0. The van der Waals surface area contributed by atoms with E-state index in [-0.39, 0.29) is 41.9 Å². The molecule has 0 saturated heterocycles. The van der Waals surface area contributed by atoms with Gasteiger partial charge in [0.1, 0.15) is 6.10 Å². The average molecular weight is 266 g/mol. The number of aliphatic hydroxyl groups excluding tert-OH is 1. The second-order valence-electron chi connectivity index (χ2n) is 4.80. The summed E-state index contributed by atoms with van der Waals surface area (Å²) in [6, 6.07) is 0. The van der Waals surface area contributed by atoms with Crippen LogP contribution in [-0.4, -0.2) is 53.1 Å². The SMILES string of the molecule is CCCCCCCCCCCC(=O)C(O)CN.[Na]. The van der Waals surface area contributed by atoms with Gasteiger partial charge >= 0.3 is 0 Å². The number of nitrogens with two attached hydrogens (primary N) is 1. The van der Waals surface area contributed by atoms with Crippen molar-refractivity contribution in [2.45, 2.75) is 77.2 Å². The predicted molar refractivity (Wildman–Crippen MR) is 77.7 cm³/mol. The molecule has 103 valence electrons. The molecule has 18 heavy (non-hydrogen) atoms. The van der Waals surface area contributed by atoms with E-state index in [4.69, 9.17) is 5.73 Å². The van der Waals surface area contributed by atoms with Gasteiger partial charge in [-0.05, 0) is 6.42 Å². The Labute approximate surface area is 134 Å². The first-order valence-electron chi connectivity index (χ1n) is 7.13. The number of carbonyl (C=O) groups is 1. The number of hydrogen-bond donors (Lipinski definition) is 2. The summed E-state index contributed by atoms with van der Waals surface area (Å²) in [5, 5.41) is 9.18. The van der Waals surface area contributed by atoms with Gasteiger partial charge in [0.25, 0.3) is 0 Å². The summed E-state index contributed by atoms with van der Waals surface area (Å²) in [4.78, 5) is 11.3. The molecule has 0 aliphatic heterocycles. The summed E-state index contributed by atoms with van der Waals surface area (Å²) in [6.07, 6.45) is 10.7. The second-order valence-corrected chi connectivity index (χ2v) is 4.80. The van der Waals surface area contributed by atoms with Crippen LogP contribution in [0.3, 0.4) is 0 Å². The summed E-state index contributed by atoms with van der Waals surface area (Å²) in [6.45, 7) is 2.28. The van der Waals surface area contributed by atoms with Crippen molar-refractivity contribution in [3.8, 4) is 0 Å². The fourth-order valence-electron chi connectivity index (χ4n) is 1.91. The Morgan fingerprint density at radius 3 is 1.89 bits per heavy atom. The Hall–Kier alpha value is 0.590. The van der Waals surface area contributed by atoms with Crippen molar-refractivity contribution in [1.29, 1.82) is 0 Å². The molecular weight excluding hydrogens is 237 g/mol. The van der Waals surface area contributed by atoms with Gasteiger partial charge in [-0.15, -0.1) is 0 Å². The van der Waals surface area contributed by atoms with E-state index < -0.39 is 6.10 Å². The zero-order chi connectivity index (χ0) is 12.9. The van der Waals surface area contributed by atoms with Gasteiger partial charge in [-0.2, -0.15) is 0 Å². The van der Waals surface area contributed by atoms with Crippen LogP contribution < -0.4 is 5.73 Å². The molecule has 1 unspecified atom stereocenters. The van der Waals surface area contributed by atoms with Crippen molar-refractivity contribution in [2.75, 3.05) is 6.54 Å². The minimum atomic E-state index is -0.941. The van der Waals surface area contributed by atoms with E-state index >= 15 is 0 Å². The van der Waals surface area contributed by atoms with Gasteiger partial charge in [-0.3, -0.25) is 4.79 Å². The number of ketones is 1. The van der Waals surface area contributed by atoms with Crippen molar-refractivity contribution >= 4 is 35.3 Å². The molecule has 0 aromatic heterocycles. The first kappa shape index (κ1) is 20.9. The first-order chi connectivity index (χ1) is 8.22. The maximum absolute atomic E-state index is 11.3. The van der Waals surface area contributed by atoms with Crippen LogP contribution in [0, 0.1) is 0 Å². The van der Waals surface area contributed by atoms with E-state index in [9.17, 15) is 9.90 Å². The Morgan fingerprint density at radius 1 is 1.00 bits per heavy atom. The van der Waals surface area contributed by atoms with Gasteiger partial charge in [0.15, 0.2) is 5.78 Å². The van der Waals surface area contributed by atoms with Crippen molar-refractivity contribution in [3.05, 3.63) is 0 Å². The third-order valence-electron chi connectivity index (χ3n) is 3.12.